The molecule has 2 heterocycles. The minimum Gasteiger partial charge on any atom is -0.342 e. The number of carbonyl (C=O) groups excluding carboxylic acids is 2. The van der Waals surface area contributed by atoms with Gasteiger partial charge in [-0.05, 0) is 31.5 Å². The predicted octanol–water partition coefficient (Wildman–Crippen LogP) is 0.412. The van der Waals surface area contributed by atoms with Crippen LogP contribution in [0, 0.1) is 0 Å². The third-order valence-corrected chi connectivity index (χ3v) is 3.56. The first kappa shape index (κ1) is 15.4. The van der Waals surface area contributed by atoms with Gasteiger partial charge >= 0.3 is 0 Å². The lowest BCUT2D eigenvalue weighted by molar-refractivity contribution is -0.132. The van der Waals surface area contributed by atoms with E-state index in [1.807, 2.05) is 4.90 Å². The molecule has 1 saturated heterocycles. The van der Waals surface area contributed by atoms with Crippen LogP contribution in [-0.2, 0) is 4.79 Å². The highest BCUT2D eigenvalue weighted by Crippen LogP contribution is 2.09. The molecular formula is C15H22N4O2. The van der Waals surface area contributed by atoms with Crippen LogP contribution in [0.25, 0.3) is 0 Å². The summed E-state index contributed by atoms with van der Waals surface area (Å²) >= 11 is 0. The van der Waals surface area contributed by atoms with Crippen LogP contribution in [0.5, 0.6) is 0 Å². The highest BCUT2D eigenvalue weighted by Gasteiger charge is 2.25. The second-order valence-electron chi connectivity index (χ2n) is 5.13. The molecule has 21 heavy (non-hydrogen) atoms. The molecule has 0 aromatic carbocycles. The molecule has 1 atom stereocenters. The Morgan fingerprint density at radius 2 is 2.33 bits per heavy atom. The Morgan fingerprint density at radius 3 is 2.95 bits per heavy atom. The number of aromatic nitrogens is 1. The number of hydrogen-bond acceptors (Lipinski definition) is 4. The molecule has 1 aliphatic heterocycles. The third kappa shape index (κ3) is 4.26. The molecule has 2 N–H and O–H groups in total. The maximum atomic E-state index is 12.3. The van der Waals surface area contributed by atoms with Crippen LogP contribution in [0.4, 0.5) is 0 Å². The maximum absolute atomic E-state index is 12.3. The Balaban J connectivity index is 1.88. The average molecular weight is 290 g/mol. The summed E-state index contributed by atoms with van der Waals surface area (Å²) in [6.07, 6.45) is 3.45. The van der Waals surface area contributed by atoms with Crippen molar-refractivity contribution in [1.82, 2.24) is 20.5 Å². The van der Waals surface area contributed by atoms with E-state index in [1.54, 1.807) is 24.4 Å². The van der Waals surface area contributed by atoms with E-state index < -0.39 is 0 Å². The van der Waals surface area contributed by atoms with E-state index in [0.29, 0.717) is 5.69 Å². The van der Waals surface area contributed by atoms with Gasteiger partial charge in [0.2, 0.25) is 5.91 Å². The Morgan fingerprint density at radius 1 is 1.48 bits per heavy atom. The molecule has 1 unspecified atom stereocenters. The molecule has 2 rings (SSSR count). The quantitative estimate of drug-likeness (QED) is 0.796. The molecule has 0 bridgehead atoms. The van der Waals surface area contributed by atoms with Gasteiger partial charge in [0.15, 0.2) is 0 Å². The normalized spacial score (nSPS) is 17.5. The number of hydrogen-bond donors (Lipinski definition) is 2. The molecular weight excluding hydrogens is 268 g/mol. The van der Waals surface area contributed by atoms with Crippen molar-refractivity contribution in [3.05, 3.63) is 30.1 Å². The first-order valence-corrected chi connectivity index (χ1v) is 7.41. The number of carbonyl (C=O) groups is 2. The van der Waals surface area contributed by atoms with E-state index in [4.69, 9.17) is 0 Å². The van der Waals surface area contributed by atoms with E-state index in [9.17, 15) is 9.59 Å². The van der Waals surface area contributed by atoms with Gasteiger partial charge in [0.1, 0.15) is 5.69 Å². The zero-order chi connectivity index (χ0) is 15.1. The van der Waals surface area contributed by atoms with Crippen molar-refractivity contribution in [2.75, 3.05) is 26.2 Å². The zero-order valence-corrected chi connectivity index (χ0v) is 12.3. The van der Waals surface area contributed by atoms with Crippen LogP contribution in [0.1, 0.15) is 30.3 Å². The summed E-state index contributed by atoms with van der Waals surface area (Å²) in [5.41, 5.74) is 0.329. The second-order valence-corrected chi connectivity index (χ2v) is 5.13. The van der Waals surface area contributed by atoms with E-state index in [0.717, 1.165) is 32.5 Å². The molecule has 0 spiro atoms. The fourth-order valence-corrected chi connectivity index (χ4v) is 2.50. The molecule has 114 valence electrons. The Labute approximate surface area is 124 Å². The number of nitrogens with one attached hydrogen (secondary N) is 2. The van der Waals surface area contributed by atoms with Gasteiger partial charge in [-0.1, -0.05) is 13.0 Å². The van der Waals surface area contributed by atoms with Gasteiger partial charge in [0.05, 0.1) is 6.54 Å². The molecule has 6 nitrogen and oxygen atoms in total. The van der Waals surface area contributed by atoms with Crippen LogP contribution in [0.2, 0.25) is 0 Å². The van der Waals surface area contributed by atoms with Gasteiger partial charge in [0, 0.05) is 25.3 Å². The van der Waals surface area contributed by atoms with E-state index >= 15 is 0 Å². The van der Waals surface area contributed by atoms with Gasteiger partial charge in [-0.15, -0.1) is 0 Å². The predicted molar refractivity (Wildman–Crippen MR) is 79.8 cm³/mol. The van der Waals surface area contributed by atoms with Crippen LogP contribution in [0.15, 0.2) is 24.4 Å². The summed E-state index contributed by atoms with van der Waals surface area (Å²) in [6.45, 7) is 4.57. The lowest BCUT2D eigenvalue weighted by atomic mass is 10.2. The van der Waals surface area contributed by atoms with Crippen molar-refractivity contribution in [1.29, 1.82) is 0 Å². The highest BCUT2D eigenvalue weighted by atomic mass is 16.2. The molecule has 6 heteroatoms. The summed E-state index contributed by atoms with van der Waals surface area (Å²) in [7, 11) is 0. The minimum absolute atomic E-state index is 0.0197. The second kappa shape index (κ2) is 7.73. The van der Waals surface area contributed by atoms with Crippen molar-refractivity contribution >= 4 is 11.8 Å². The van der Waals surface area contributed by atoms with Gasteiger partial charge < -0.3 is 15.5 Å². The molecule has 1 aliphatic rings. The highest BCUT2D eigenvalue weighted by molar-refractivity contribution is 5.94. The maximum Gasteiger partial charge on any atom is 0.270 e. The van der Waals surface area contributed by atoms with Crippen LogP contribution >= 0.6 is 0 Å². The Bertz CT molecular complexity index is 472. The Kier molecular flexibility index (Phi) is 5.68. The van der Waals surface area contributed by atoms with Crippen molar-refractivity contribution in [2.45, 2.75) is 25.8 Å². The largest absolute Gasteiger partial charge is 0.342 e. The zero-order valence-electron chi connectivity index (χ0n) is 12.3. The third-order valence-electron chi connectivity index (χ3n) is 3.56. The Hall–Kier alpha value is -1.95. The van der Waals surface area contributed by atoms with Crippen LogP contribution in [0.3, 0.4) is 0 Å². The van der Waals surface area contributed by atoms with Crippen molar-refractivity contribution < 1.29 is 9.59 Å². The van der Waals surface area contributed by atoms with Crippen molar-refractivity contribution in [2.24, 2.45) is 0 Å². The molecule has 1 fully saturated rings. The van der Waals surface area contributed by atoms with E-state index in [1.165, 1.54) is 0 Å². The fraction of sp³-hybridized carbons (Fsp3) is 0.533. The molecule has 0 aliphatic carbocycles. The first-order valence-electron chi connectivity index (χ1n) is 7.41. The molecule has 0 radical (unpaired) electrons. The molecule has 1 aromatic heterocycles. The topological polar surface area (TPSA) is 74.3 Å². The fourth-order valence-electron chi connectivity index (χ4n) is 2.50. The minimum atomic E-state index is -0.315. The monoisotopic (exact) mass is 290 g/mol. The summed E-state index contributed by atoms with van der Waals surface area (Å²) in [5, 5.41) is 5.91. The average Bonchev–Trinajstić information content (AvgIpc) is 3.04. The van der Waals surface area contributed by atoms with Gasteiger partial charge in [-0.2, -0.15) is 0 Å². The lowest BCUT2D eigenvalue weighted by Gasteiger charge is -2.28. The summed E-state index contributed by atoms with van der Waals surface area (Å²) in [4.78, 5) is 30.1. The van der Waals surface area contributed by atoms with Crippen LogP contribution < -0.4 is 10.6 Å². The SMILES string of the molecule is CCCN(C(=O)CNC(=O)c1ccccn1)C1CCNC1. The number of pyridine rings is 1. The van der Waals surface area contributed by atoms with E-state index in [2.05, 4.69) is 22.5 Å². The van der Waals surface area contributed by atoms with Crippen molar-refractivity contribution in [3.8, 4) is 0 Å². The summed E-state index contributed by atoms with van der Waals surface area (Å²) in [5.74, 6) is -0.347. The number of rotatable bonds is 6. The number of nitrogens with zero attached hydrogens (tertiary/aromatic N) is 2. The van der Waals surface area contributed by atoms with Crippen LogP contribution in [-0.4, -0.2) is 53.9 Å². The molecule has 0 saturated carbocycles. The van der Waals surface area contributed by atoms with Crippen molar-refractivity contribution in [3.63, 3.8) is 0 Å². The molecule has 2 amide bonds. The smallest absolute Gasteiger partial charge is 0.270 e. The lowest BCUT2D eigenvalue weighted by Crippen LogP contribution is -2.46. The number of amides is 2. The van der Waals surface area contributed by atoms with Gasteiger partial charge in [-0.25, -0.2) is 0 Å². The summed E-state index contributed by atoms with van der Waals surface area (Å²) in [6, 6.07) is 5.36. The summed E-state index contributed by atoms with van der Waals surface area (Å²) < 4.78 is 0. The van der Waals surface area contributed by atoms with Gasteiger partial charge in [0.25, 0.3) is 5.91 Å². The van der Waals surface area contributed by atoms with E-state index in [-0.39, 0.29) is 24.4 Å². The van der Waals surface area contributed by atoms with Gasteiger partial charge in [-0.3, -0.25) is 14.6 Å². The molecule has 1 aromatic rings. The standard InChI is InChI=1S/C15H22N4O2/c1-2-9-19(12-6-8-16-10-12)14(20)11-18-15(21)13-5-3-4-7-17-13/h3-5,7,12,16H,2,6,8-11H2,1H3,(H,18,21). The first-order chi connectivity index (χ1) is 10.2.